The van der Waals surface area contributed by atoms with Crippen molar-refractivity contribution in [3.8, 4) is 0 Å². The van der Waals surface area contributed by atoms with Gasteiger partial charge in [-0.05, 0) is 35.9 Å². The molecule has 0 fully saturated rings. The lowest BCUT2D eigenvalue weighted by Gasteiger charge is -2.15. The molecule has 0 aliphatic rings. The maximum atomic E-state index is 12.9. The number of benzene rings is 1. The number of pyridine rings is 1. The molecule has 1 aromatic heterocycles. The highest BCUT2D eigenvalue weighted by molar-refractivity contribution is 5.88. The van der Waals surface area contributed by atoms with Crippen LogP contribution in [0.5, 0.6) is 0 Å². The maximum absolute atomic E-state index is 12.9. The Bertz CT molecular complexity index is 851. The zero-order chi connectivity index (χ0) is 19.7. The summed E-state index contributed by atoms with van der Waals surface area (Å²) in [6.07, 6.45) is -8.84. The van der Waals surface area contributed by atoms with Gasteiger partial charge < -0.3 is 9.30 Å². The molecule has 26 heavy (non-hydrogen) atoms. The highest BCUT2D eigenvalue weighted by Gasteiger charge is 2.36. The monoisotopic (exact) mass is 379 g/mol. The van der Waals surface area contributed by atoms with Crippen LogP contribution in [-0.2, 0) is 23.6 Å². The summed E-state index contributed by atoms with van der Waals surface area (Å²) in [5.74, 6) is -0.968. The van der Waals surface area contributed by atoms with Crippen molar-refractivity contribution < 1.29 is 35.9 Å². The van der Waals surface area contributed by atoms with E-state index < -0.39 is 52.7 Å². The van der Waals surface area contributed by atoms with Crippen molar-refractivity contribution in [3.05, 3.63) is 69.1 Å². The molecule has 4 nitrogen and oxygen atoms in total. The standard InChI is InChI=1S/C16H11F6NO3/c1-26-14(25)12-3-2-4-23(13(12)24)8-9-5-10(15(17,18)19)7-11(6-9)16(20,21)22/h2-7H,8H2,1H3. The minimum atomic E-state index is -4.99. The third kappa shape index (κ3) is 4.24. The number of methoxy groups -OCH3 is 1. The molecule has 1 heterocycles. The number of hydrogen-bond donors (Lipinski definition) is 0. The molecule has 1 aromatic carbocycles. The Hall–Kier alpha value is -2.78. The van der Waals surface area contributed by atoms with E-state index in [2.05, 4.69) is 4.74 Å². The molecular weight excluding hydrogens is 368 g/mol. The van der Waals surface area contributed by atoms with Crippen molar-refractivity contribution in [2.24, 2.45) is 0 Å². The van der Waals surface area contributed by atoms with E-state index in [9.17, 15) is 35.9 Å². The predicted octanol–water partition coefficient (Wildman–Crippen LogP) is 3.72. The zero-order valence-corrected chi connectivity index (χ0v) is 13.1. The largest absolute Gasteiger partial charge is 0.465 e. The molecule has 0 spiro atoms. The van der Waals surface area contributed by atoms with Crippen molar-refractivity contribution >= 4 is 5.97 Å². The van der Waals surface area contributed by atoms with Gasteiger partial charge in [0.25, 0.3) is 5.56 Å². The predicted molar refractivity (Wildman–Crippen MR) is 77.6 cm³/mol. The molecular formula is C16H11F6NO3. The minimum absolute atomic E-state index is 0.00283. The molecule has 0 amide bonds. The molecule has 0 aliphatic carbocycles. The summed E-state index contributed by atoms with van der Waals surface area (Å²) in [5.41, 5.74) is -4.65. The Morgan fingerprint density at radius 1 is 1.04 bits per heavy atom. The fraction of sp³-hybridized carbons (Fsp3) is 0.250. The Morgan fingerprint density at radius 3 is 2.04 bits per heavy atom. The third-order valence-electron chi connectivity index (χ3n) is 3.43. The van der Waals surface area contributed by atoms with Crippen LogP contribution in [0, 0.1) is 0 Å². The second-order valence-corrected chi connectivity index (χ2v) is 5.26. The topological polar surface area (TPSA) is 48.3 Å². The Labute approximate surface area is 142 Å². The lowest BCUT2D eigenvalue weighted by molar-refractivity contribution is -0.143. The highest BCUT2D eigenvalue weighted by Crippen LogP contribution is 2.36. The first-order valence-electron chi connectivity index (χ1n) is 6.99. The first-order chi connectivity index (χ1) is 11.9. The molecule has 0 saturated heterocycles. The van der Waals surface area contributed by atoms with E-state index in [1.165, 1.54) is 6.07 Å². The molecule has 10 heteroatoms. The summed E-state index contributed by atoms with van der Waals surface area (Å²) >= 11 is 0. The number of esters is 1. The van der Waals surface area contributed by atoms with Crippen LogP contribution in [0.25, 0.3) is 0 Å². The van der Waals surface area contributed by atoms with Gasteiger partial charge in [0.1, 0.15) is 5.56 Å². The van der Waals surface area contributed by atoms with E-state index in [1.807, 2.05) is 0 Å². The van der Waals surface area contributed by atoms with Crippen LogP contribution in [0.3, 0.4) is 0 Å². The first kappa shape index (κ1) is 19.5. The van der Waals surface area contributed by atoms with Crippen LogP contribution in [0.4, 0.5) is 26.3 Å². The fourth-order valence-electron chi connectivity index (χ4n) is 2.23. The van der Waals surface area contributed by atoms with Crippen LogP contribution in [0.15, 0.2) is 41.3 Å². The molecule has 2 aromatic rings. The molecule has 0 radical (unpaired) electrons. The van der Waals surface area contributed by atoms with E-state index in [0.717, 1.165) is 23.9 Å². The molecule has 0 aliphatic heterocycles. The average molecular weight is 379 g/mol. The van der Waals surface area contributed by atoms with E-state index in [4.69, 9.17) is 0 Å². The van der Waals surface area contributed by atoms with Gasteiger partial charge in [-0.25, -0.2) is 4.79 Å². The number of alkyl halides is 6. The van der Waals surface area contributed by atoms with E-state index in [1.54, 1.807) is 0 Å². The van der Waals surface area contributed by atoms with Gasteiger partial charge in [-0.2, -0.15) is 26.3 Å². The molecule has 0 N–H and O–H groups in total. The van der Waals surface area contributed by atoms with Gasteiger partial charge >= 0.3 is 18.3 Å². The molecule has 0 saturated carbocycles. The van der Waals surface area contributed by atoms with Gasteiger partial charge in [0.15, 0.2) is 0 Å². The van der Waals surface area contributed by atoms with E-state index >= 15 is 0 Å². The second kappa shape index (κ2) is 6.85. The quantitative estimate of drug-likeness (QED) is 0.603. The van der Waals surface area contributed by atoms with Crippen LogP contribution >= 0.6 is 0 Å². The molecule has 140 valence electrons. The van der Waals surface area contributed by atoms with E-state index in [0.29, 0.717) is 12.1 Å². The lowest BCUT2D eigenvalue weighted by Crippen LogP contribution is -2.27. The summed E-state index contributed by atoms with van der Waals surface area (Å²) in [5, 5.41) is 0. The summed E-state index contributed by atoms with van der Waals surface area (Å²) < 4.78 is 82.5. The third-order valence-corrected chi connectivity index (χ3v) is 3.43. The molecule has 2 rings (SSSR count). The van der Waals surface area contributed by atoms with Crippen LogP contribution in [0.2, 0.25) is 0 Å². The van der Waals surface area contributed by atoms with Crippen molar-refractivity contribution in [1.82, 2.24) is 4.57 Å². The van der Waals surface area contributed by atoms with Crippen molar-refractivity contribution in [1.29, 1.82) is 0 Å². The Morgan fingerprint density at radius 2 is 1.58 bits per heavy atom. The number of carbonyl (C=O) groups excluding carboxylic acids is 1. The van der Waals surface area contributed by atoms with Crippen LogP contribution in [0.1, 0.15) is 27.0 Å². The number of rotatable bonds is 3. The zero-order valence-electron chi connectivity index (χ0n) is 13.1. The van der Waals surface area contributed by atoms with Crippen LogP contribution in [-0.4, -0.2) is 17.6 Å². The number of carbonyl (C=O) groups is 1. The Kier molecular flexibility index (Phi) is 5.15. The summed E-state index contributed by atoms with van der Waals surface area (Å²) in [4.78, 5) is 23.6. The van der Waals surface area contributed by atoms with Crippen molar-refractivity contribution in [3.63, 3.8) is 0 Å². The summed E-state index contributed by atoms with van der Waals surface area (Å²) in [6.45, 7) is -0.587. The molecule has 0 atom stereocenters. The van der Waals surface area contributed by atoms with Crippen molar-refractivity contribution in [2.45, 2.75) is 18.9 Å². The second-order valence-electron chi connectivity index (χ2n) is 5.26. The lowest BCUT2D eigenvalue weighted by atomic mass is 10.0. The normalized spacial score (nSPS) is 12.1. The van der Waals surface area contributed by atoms with Gasteiger partial charge in [-0.15, -0.1) is 0 Å². The number of aromatic nitrogens is 1. The number of nitrogens with zero attached hydrogens (tertiary/aromatic N) is 1. The maximum Gasteiger partial charge on any atom is 0.416 e. The summed E-state index contributed by atoms with van der Waals surface area (Å²) in [6, 6.07) is 3.43. The Balaban J connectivity index is 2.54. The van der Waals surface area contributed by atoms with Gasteiger partial charge in [-0.3, -0.25) is 4.79 Å². The number of ether oxygens (including phenoxy) is 1. The van der Waals surface area contributed by atoms with Gasteiger partial charge in [-0.1, -0.05) is 0 Å². The van der Waals surface area contributed by atoms with Crippen molar-refractivity contribution in [2.75, 3.05) is 7.11 Å². The molecule has 0 unspecified atom stereocenters. The highest BCUT2D eigenvalue weighted by atomic mass is 19.4. The van der Waals surface area contributed by atoms with E-state index in [-0.39, 0.29) is 6.07 Å². The first-order valence-corrected chi connectivity index (χ1v) is 6.99. The van der Waals surface area contributed by atoms with Gasteiger partial charge in [0, 0.05) is 6.20 Å². The van der Waals surface area contributed by atoms with Crippen LogP contribution < -0.4 is 5.56 Å². The average Bonchev–Trinajstić information content (AvgIpc) is 2.54. The number of hydrogen-bond acceptors (Lipinski definition) is 3. The van der Waals surface area contributed by atoms with Gasteiger partial charge in [0.05, 0.1) is 24.8 Å². The fourth-order valence-corrected chi connectivity index (χ4v) is 2.23. The van der Waals surface area contributed by atoms with Gasteiger partial charge in [0.2, 0.25) is 0 Å². The summed E-state index contributed by atoms with van der Waals surface area (Å²) in [7, 11) is 1.03. The SMILES string of the molecule is COC(=O)c1cccn(Cc2cc(C(F)(F)F)cc(C(F)(F)F)c2)c1=O. The molecule has 0 bridgehead atoms. The number of halogens is 6. The minimum Gasteiger partial charge on any atom is -0.465 e. The smallest absolute Gasteiger partial charge is 0.416 e.